The molecule has 3 aliphatic heterocycles. The van der Waals surface area contributed by atoms with Crippen molar-refractivity contribution in [2.45, 2.75) is 62.7 Å². The summed E-state index contributed by atoms with van der Waals surface area (Å²) in [6.07, 6.45) is -4.15. The van der Waals surface area contributed by atoms with Gasteiger partial charge in [0.15, 0.2) is 23.7 Å². The van der Waals surface area contributed by atoms with Gasteiger partial charge in [-0.1, -0.05) is 10.2 Å². The standard InChI is InChI=1S/C12H16N6O6/c1-11(2)20-4-5(23-11)6-7-8(22-10(19)21-7)9(15-17-13)12(3,24-6)16-18-14/h5-9H,4H2,1-3H3/t5-,6?,7+,8+,9?,12+/m1/s1. The number of fused-ring (bicyclic) bond motifs is 1. The van der Waals surface area contributed by atoms with Gasteiger partial charge in [-0.2, -0.15) is 0 Å². The van der Waals surface area contributed by atoms with Crippen LogP contribution in [0.3, 0.4) is 0 Å². The van der Waals surface area contributed by atoms with Crippen molar-refractivity contribution in [1.82, 2.24) is 0 Å². The first-order valence-corrected chi connectivity index (χ1v) is 7.27. The molecule has 0 saturated carbocycles. The topological polar surface area (TPSA) is 161 Å². The second-order valence-corrected chi connectivity index (χ2v) is 6.26. The Bertz CT molecular complexity index is 644. The molecule has 0 bridgehead atoms. The van der Waals surface area contributed by atoms with Gasteiger partial charge in [-0.05, 0) is 31.8 Å². The molecule has 0 aromatic carbocycles. The summed E-state index contributed by atoms with van der Waals surface area (Å²) in [5, 5.41) is 7.19. The summed E-state index contributed by atoms with van der Waals surface area (Å²) in [7, 11) is 0. The average Bonchev–Trinajstić information content (AvgIpc) is 3.04. The Kier molecular flexibility index (Phi) is 3.94. The van der Waals surface area contributed by atoms with Gasteiger partial charge in [0.25, 0.3) is 0 Å². The highest BCUT2D eigenvalue weighted by Crippen LogP contribution is 2.42. The lowest BCUT2D eigenvalue weighted by atomic mass is 9.88. The summed E-state index contributed by atoms with van der Waals surface area (Å²) in [4.78, 5) is 17.1. The maximum absolute atomic E-state index is 11.6. The molecule has 3 saturated heterocycles. The zero-order valence-corrected chi connectivity index (χ0v) is 13.2. The van der Waals surface area contributed by atoms with E-state index >= 15 is 0 Å². The summed E-state index contributed by atoms with van der Waals surface area (Å²) in [6, 6.07) is -1.08. The molecule has 12 nitrogen and oxygen atoms in total. The second kappa shape index (κ2) is 5.69. The zero-order valence-electron chi connectivity index (χ0n) is 13.2. The van der Waals surface area contributed by atoms with Crippen LogP contribution < -0.4 is 0 Å². The van der Waals surface area contributed by atoms with E-state index in [0.717, 1.165) is 0 Å². The van der Waals surface area contributed by atoms with Gasteiger partial charge in [0.2, 0.25) is 0 Å². The molecule has 0 aromatic heterocycles. The highest BCUT2D eigenvalue weighted by Gasteiger charge is 2.61. The Morgan fingerprint density at radius 1 is 1.08 bits per heavy atom. The third-order valence-electron chi connectivity index (χ3n) is 4.16. The number of carbonyl (C=O) groups excluding carboxylic acids is 1. The highest BCUT2D eigenvalue weighted by molar-refractivity contribution is 5.63. The normalized spacial score (nSPS) is 43.0. The molecule has 6 atom stereocenters. The monoisotopic (exact) mass is 340 g/mol. The van der Waals surface area contributed by atoms with Crippen LogP contribution in [0.5, 0.6) is 0 Å². The predicted molar refractivity (Wildman–Crippen MR) is 75.4 cm³/mol. The Morgan fingerprint density at radius 2 is 1.79 bits per heavy atom. The molecular weight excluding hydrogens is 324 g/mol. The van der Waals surface area contributed by atoms with E-state index < -0.39 is 48.1 Å². The van der Waals surface area contributed by atoms with Crippen molar-refractivity contribution in [3.8, 4) is 0 Å². The lowest BCUT2D eigenvalue weighted by molar-refractivity contribution is -0.228. The number of nitrogens with zero attached hydrogens (tertiary/aromatic N) is 6. The summed E-state index contributed by atoms with van der Waals surface area (Å²) in [5.41, 5.74) is 16.1. The summed E-state index contributed by atoms with van der Waals surface area (Å²) >= 11 is 0. The first kappa shape index (κ1) is 16.6. The van der Waals surface area contributed by atoms with Crippen molar-refractivity contribution in [2.24, 2.45) is 10.2 Å². The van der Waals surface area contributed by atoms with Gasteiger partial charge in [-0.15, -0.1) is 0 Å². The number of hydrogen-bond acceptors (Lipinski definition) is 8. The number of ether oxygens (including phenoxy) is 5. The van der Waals surface area contributed by atoms with Crippen LogP contribution in [0.25, 0.3) is 20.9 Å². The van der Waals surface area contributed by atoms with E-state index in [-0.39, 0.29) is 6.61 Å². The van der Waals surface area contributed by atoms with Crippen molar-refractivity contribution in [1.29, 1.82) is 0 Å². The molecule has 130 valence electrons. The van der Waals surface area contributed by atoms with Crippen LogP contribution in [0, 0.1) is 0 Å². The molecule has 3 rings (SSSR count). The average molecular weight is 340 g/mol. The van der Waals surface area contributed by atoms with Gasteiger partial charge in [0.1, 0.15) is 18.2 Å². The largest absolute Gasteiger partial charge is 0.509 e. The quantitative estimate of drug-likeness (QED) is 0.331. The van der Waals surface area contributed by atoms with Gasteiger partial charge >= 0.3 is 6.16 Å². The fourth-order valence-electron chi connectivity index (χ4n) is 3.16. The number of azide groups is 2. The molecule has 3 heterocycles. The Balaban J connectivity index is 1.97. The summed E-state index contributed by atoms with van der Waals surface area (Å²) in [5.74, 6) is -0.830. The lowest BCUT2D eigenvalue weighted by Crippen LogP contribution is -2.63. The van der Waals surface area contributed by atoms with Gasteiger partial charge in [0.05, 0.1) is 6.61 Å². The van der Waals surface area contributed by atoms with E-state index in [9.17, 15) is 4.79 Å². The van der Waals surface area contributed by atoms with Crippen LogP contribution in [0.1, 0.15) is 20.8 Å². The molecule has 0 radical (unpaired) electrons. The van der Waals surface area contributed by atoms with Gasteiger partial charge in [-0.3, -0.25) is 0 Å². The second-order valence-electron chi connectivity index (χ2n) is 6.26. The van der Waals surface area contributed by atoms with E-state index in [0.29, 0.717) is 0 Å². The molecule has 2 unspecified atom stereocenters. The Morgan fingerprint density at radius 3 is 2.38 bits per heavy atom. The molecule has 0 aliphatic carbocycles. The zero-order chi connectivity index (χ0) is 17.5. The smallest absolute Gasteiger partial charge is 0.426 e. The van der Waals surface area contributed by atoms with Crippen LogP contribution in [0.2, 0.25) is 0 Å². The third-order valence-corrected chi connectivity index (χ3v) is 4.16. The molecule has 24 heavy (non-hydrogen) atoms. The molecular formula is C12H16N6O6. The van der Waals surface area contributed by atoms with E-state index in [1.54, 1.807) is 13.8 Å². The van der Waals surface area contributed by atoms with Crippen molar-refractivity contribution in [2.75, 3.05) is 6.61 Å². The van der Waals surface area contributed by atoms with E-state index in [1.165, 1.54) is 6.92 Å². The Labute approximate surface area is 136 Å². The minimum Gasteiger partial charge on any atom is -0.426 e. The maximum Gasteiger partial charge on any atom is 0.509 e. The Hall–Kier alpha value is -2.23. The van der Waals surface area contributed by atoms with Crippen molar-refractivity contribution < 1.29 is 28.5 Å². The first-order valence-electron chi connectivity index (χ1n) is 7.27. The van der Waals surface area contributed by atoms with Crippen molar-refractivity contribution >= 4 is 6.16 Å². The van der Waals surface area contributed by atoms with Crippen molar-refractivity contribution in [3.63, 3.8) is 0 Å². The third kappa shape index (κ3) is 2.70. The maximum atomic E-state index is 11.6. The SMILES string of the molecule is CC1(C)OC[C@H](C2O[C@](C)(N=[N+]=[N-])C(N=[N+]=[N-])[C@H]3OC(=O)O[C@@H]23)O1. The molecule has 0 aromatic rings. The summed E-state index contributed by atoms with van der Waals surface area (Å²) in [6.45, 7) is 5.11. The van der Waals surface area contributed by atoms with Crippen LogP contribution in [0.15, 0.2) is 10.2 Å². The fraction of sp³-hybridized carbons (Fsp3) is 0.917. The number of carbonyl (C=O) groups is 1. The van der Waals surface area contributed by atoms with Crippen LogP contribution in [-0.2, 0) is 23.7 Å². The molecule has 3 fully saturated rings. The van der Waals surface area contributed by atoms with Crippen LogP contribution in [0.4, 0.5) is 4.79 Å². The van der Waals surface area contributed by atoms with E-state index in [1.807, 2.05) is 0 Å². The fourth-order valence-corrected chi connectivity index (χ4v) is 3.16. The van der Waals surface area contributed by atoms with E-state index in [2.05, 4.69) is 20.1 Å². The molecule has 0 spiro atoms. The van der Waals surface area contributed by atoms with Gasteiger partial charge < -0.3 is 23.7 Å². The lowest BCUT2D eigenvalue weighted by Gasteiger charge is -2.45. The highest BCUT2D eigenvalue weighted by atomic mass is 16.8. The summed E-state index contributed by atoms with van der Waals surface area (Å²) < 4.78 is 27.4. The predicted octanol–water partition coefficient (Wildman–Crippen LogP) is 2.15. The first-order chi connectivity index (χ1) is 11.3. The number of hydrogen-bond donors (Lipinski definition) is 0. The minimum absolute atomic E-state index is 0.191. The van der Waals surface area contributed by atoms with Crippen LogP contribution >= 0.6 is 0 Å². The van der Waals surface area contributed by atoms with Gasteiger partial charge in [-0.25, -0.2) is 4.79 Å². The number of rotatable bonds is 3. The van der Waals surface area contributed by atoms with Crippen molar-refractivity contribution in [3.05, 3.63) is 20.9 Å². The molecule has 0 amide bonds. The van der Waals surface area contributed by atoms with E-state index in [4.69, 9.17) is 34.7 Å². The minimum atomic E-state index is -1.57. The molecule has 3 aliphatic rings. The van der Waals surface area contributed by atoms with Crippen LogP contribution in [-0.4, -0.2) is 54.7 Å². The van der Waals surface area contributed by atoms with Gasteiger partial charge in [0, 0.05) is 9.82 Å². The molecule has 0 N–H and O–H groups in total. The molecule has 12 heteroatoms.